The molecule has 0 aliphatic heterocycles. The molecule has 0 radical (unpaired) electrons. The molecule has 0 aliphatic rings. The number of guanidine groups is 1. The zero-order valence-corrected chi connectivity index (χ0v) is 15.0. The number of hydrogen-bond donors (Lipinski definition) is 1. The van der Waals surface area contributed by atoms with Crippen molar-refractivity contribution in [1.82, 2.24) is 10.2 Å². The van der Waals surface area contributed by atoms with Crippen LogP contribution in [0.3, 0.4) is 0 Å². The largest absolute Gasteiger partial charge is 0.357 e. The Morgan fingerprint density at radius 3 is 2.60 bits per heavy atom. The number of rotatable bonds is 6. The third-order valence-electron chi connectivity index (χ3n) is 2.75. The van der Waals surface area contributed by atoms with Crippen molar-refractivity contribution in [2.75, 3.05) is 20.1 Å². The Balaban J connectivity index is 0.00000361. The summed E-state index contributed by atoms with van der Waals surface area (Å²) in [5.74, 6) is 0.968. The maximum absolute atomic E-state index is 4.63. The molecule has 1 N–H and O–H groups in total. The SMILES string of the molecule is C/C=C/CCN=C(NCC)N(C)Cc1ccccc1.I. The van der Waals surface area contributed by atoms with Crippen molar-refractivity contribution in [1.29, 1.82) is 0 Å². The van der Waals surface area contributed by atoms with Gasteiger partial charge < -0.3 is 10.2 Å². The molecule has 0 aliphatic carbocycles. The molecule has 0 bridgehead atoms. The molecule has 4 heteroatoms. The first-order valence-corrected chi connectivity index (χ1v) is 6.92. The second-order valence-electron chi connectivity index (χ2n) is 4.44. The fourth-order valence-corrected chi connectivity index (χ4v) is 1.81. The zero-order valence-electron chi connectivity index (χ0n) is 12.7. The van der Waals surface area contributed by atoms with E-state index >= 15 is 0 Å². The summed E-state index contributed by atoms with van der Waals surface area (Å²) in [4.78, 5) is 6.79. The van der Waals surface area contributed by atoms with Crippen molar-refractivity contribution in [3.8, 4) is 0 Å². The molecule has 1 aromatic carbocycles. The van der Waals surface area contributed by atoms with E-state index in [0.29, 0.717) is 0 Å². The van der Waals surface area contributed by atoms with E-state index in [9.17, 15) is 0 Å². The third kappa shape index (κ3) is 7.53. The molecule has 0 saturated heterocycles. The fourth-order valence-electron chi connectivity index (χ4n) is 1.81. The van der Waals surface area contributed by atoms with Gasteiger partial charge in [0, 0.05) is 26.7 Å². The summed E-state index contributed by atoms with van der Waals surface area (Å²) < 4.78 is 0. The lowest BCUT2D eigenvalue weighted by Crippen LogP contribution is -2.38. The fraction of sp³-hybridized carbons (Fsp3) is 0.438. The van der Waals surface area contributed by atoms with Crippen molar-refractivity contribution >= 4 is 29.9 Å². The lowest BCUT2D eigenvalue weighted by molar-refractivity contribution is 0.477. The second kappa shape index (κ2) is 11.8. The number of halogens is 1. The predicted octanol–water partition coefficient (Wildman–Crippen LogP) is 3.67. The molecule has 0 unspecified atom stereocenters. The highest BCUT2D eigenvalue weighted by Gasteiger charge is 2.05. The molecule has 0 fully saturated rings. The van der Waals surface area contributed by atoms with Crippen LogP contribution < -0.4 is 5.32 Å². The summed E-state index contributed by atoms with van der Waals surface area (Å²) in [7, 11) is 2.07. The number of nitrogens with zero attached hydrogens (tertiary/aromatic N) is 2. The molecular formula is C16H26IN3. The van der Waals surface area contributed by atoms with Gasteiger partial charge in [-0.15, -0.1) is 24.0 Å². The van der Waals surface area contributed by atoms with Gasteiger partial charge in [0.1, 0.15) is 0 Å². The average Bonchev–Trinajstić information content (AvgIpc) is 2.43. The Morgan fingerprint density at radius 2 is 2.00 bits per heavy atom. The number of benzene rings is 1. The molecule has 20 heavy (non-hydrogen) atoms. The minimum absolute atomic E-state index is 0. The molecule has 0 spiro atoms. The van der Waals surface area contributed by atoms with Gasteiger partial charge in [0.2, 0.25) is 0 Å². The van der Waals surface area contributed by atoms with Gasteiger partial charge in [0.05, 0.1) is 0 Å². The first-order chi connectivity index (χ1) is 9.27. The van der Waals surface area contributed by atoms with Gasteiger partial charge in [0.15, 0.2) is 5.96 Å². The quantitative estimate of drug-likeness (QED) is 0.265. The second-order valence-corrected chi connectivity index (χ2v) is 4.44. The molecular weight excluding hydrogens is 361 g/mol. The summed E-state index contributed by atoms with van der Waals surface area (Å²) in [5.41, 5.74) is 1.30. The molecule has 0 aromatic heterocycles. The van der Waals surface area contributed by atoms with E-state index < -0.39 is 0 Å². The van der Waals surface area contributed by atoms with Crippen molar-refractivity contribution in [3.63, 3.8) is 0 Å². The van der Waals surface area contributed by atoms with E-state index in [1.165, 1.54) is 5.56 Å². The van der Waals surface area contributed by atoms with Crippen LogP contribution in [0.2, 0.25) is 0 Å². The molecule has 1 aromatic rings. The van der Waals surface area contributed by atoms with Crippen LogP contribution in [0.1, 0.15) is 25.8 Å². The van der Waals surface area contributed by atoms with E-state index in [4.69, 9.17) is 0 Å². The van der Waals surface area contributed by atoms with Crippen LogP contribution >= 0.6 is 24.0 Å². The lowest BCUT2D eigenvalue weighted by Gasteiger charge is -2.22. The van der Waals surface area contributed by atoms with Gasteiger partial charge in [-0.25, -0.2) is 0 Å². The Morgan fingerprint density at radius 1 is 1.30 bits per heavy atom. The maximum Gasteiger partial charge on any atom is 0.193 e. The Kier molecular flexibility index (Phi) is 11.1. The van der Waals surface area contributed by atoms with E-state index in [1.54, 1.807) is 0 Å². The molecule has 0 amide bonds. The van der Waals surface area contributed by atoms with Gasteiger partial charge in [-0.1, -0.05) is 42.5 Å². The van der Waals surface area contributed by atoms with Crippen LogP contribution in [0, 0.1) is 0 Å². The predicted molar refractivity (Wildman–Crippen MR) is 98.7 cm³/mol. The molecule has 0 saturated carbocycles. The summed E-state index contributed by atoms with van der Waals surface area (Å²) >= 11 is 0. The molecule has 0 atom stereocenters. The Labute approximate surface area is 140 Å². The van der Waals surface area contributed by atoms with Gasteiger partial charge in [-0.3, -0.25) is 4.99 Å². The van der Waals surface area contributed by atoms with Gasteiger partial charge in [-0.05, 0) is 25.8 Å². The first kappa shape index (κ1) is 19.0. The van der Waals surface area contributed by atoms with Crippen LogP contribution in [0.25, 0.3) is 0 Å². The summed E-state index contributed by atoms with van der Waals surface area (Å²) in [6.45, 7) is 6.72. The van der Waals surface area contributed by atoms with Crippen molar-refractivity contribution in [2.45, 2.75) is 26.8 Å². The lowest BCUT2D eigenvalue weighted by atomic mass is 10.2. The Bertz CT molecular complexity index is 401. The summed E-state index contributed by atoms with van der Waals surface area (Å²) in [6.07, 6.45) is 5.20. The van der Waals surface area contributed by atoms with E-state index in [-0.39, 0.29) is 24.0 Å². The molecule has 3 nitrogen and oxygen atoms in total. The molecule has 1 rings (SSSR count). The topological polar surface area (TPSA) is 27.6 Å². The van der Waals surface area contributed by atoms with E-state index in [2.05, 4.69) is 65.6 Å². The third-order valence-corrected chi connectivity index (χ3v) is 2.75. The summed E-state index contributed by atoms with van der Waals surface area (Å²) in [6, 6.07) is 10.5. The van der Waals surface area contributed by atoms with Crippen LogP contribution in [-0.4, -0.2) is 31.0 Å². The van der Waals surface area contributed by atoms with Crippen LogP contribution in [0.15, 0.2) is 47.5 Å². The molecule has 112 valence electrons. The van der Waals surface area contributed by atoms with Gasteiger partial charge in [-0.2, -0.15) is 0 Å². The highest BCUT2D eigenvalue weighted by Crippen LogP contribution is 2.03. The van der Waals surface area contributed by atoms with Crippen LogP contribution in [0.5, 0.6) is 0 Å². The minimum atomic E-state index is 0. The van der Waals surface area contributed by atoms with E-state index in [1.807, 2.05) is 13.0 Å². The smallest absolute Gasteiger partial charge is 0.193 e. The van der Waals surface area contributed by atoms with E-state index in [0.717, 1.165) is 32.0 Å². The van der Waals surface area contributed by atoms with Crippen molar-refractivity contribution in [3.05, 3.63) is 48.0 Å². The monoisotopic (exact) mass is 387 g/mol. The first-order valence-electron chi connectivity index (χ1n) is 6.92. The summed E-state index contributed by atoms with van der Waals surface area (Å²) in [5, 5.41) is 3.33. The highest BCUT2D eigenvalue weighted by molar-refractivity contribution is 14.0. The van der Waals surface area contributed by atoms with Crippen molar-refractivity contribution in [2.24, 2.45) is 4.99 Å². The highest BCUT2D eigenvalue weighted by atomic mass is 127. The number of hydrogen-bond acceptors (Lipinski definition) is 1. The van der Waals surface area contributed by atoms with Crippen LogP contribution in [-0.2, 0) is 6.54 Å². The number of nitrogens with one attached hydrogen (secondary N) is 1. The average molecular weight is 387 g/mol. The van der Waals surface area contributed by atoms with Gasteiger partial charge >= 0.3 is 0 Å². The van der Waals surface area contributed by atoms with Crippen molar-refractivity contribution < 1.29 is 0 Å². The van der Waals surface area contributed by atoms with Gasteiger partial charge in [0.25, 0.3) is 0 Å². The zero-order chi connectivity index (χ0) is 13.9. The normalized spacial score (nSPS) is 11.2. The maximum atomic E-state index is 4.63. The Hall–Kier alpha value is -1.04. The number of allylic oxidation sites excluding steroid dienone is 1. The molecule has 0 heterocycles. The minimum Gasteiger partial charge on any atom is -0.357 e. The van der Waals surface area contributed by atoms with Crippen LogP contribution in [0.4, 0.5) is 0 Å². The standard InChI is InChI=1S/C16H25N3.HI/c1-4-6-10-13-18-16(17-5-2)19(3)14-15-11-8-7-9-12-15;/h4,6-9,11-12H,5,10,13-14H2,1-3H3,(H,17,18);1H/b6-4+;. The number of aliphatic imine (C=N–C) groups is 1.